The highest BCUT2D eigenvalue weighted by Gasteiger charge is 2.17. The molecule has 1 rings (SSSR count). The monoisotopic (exact) mass is 376 g/mol. The van der Waals surface area contributed by atoms with Gasteiger partial charge in [0, 0.05) is 29.7 Å². The first-order chi connectivity index (χ1) is 9.70. The molecule has 1 aromatic carbocycles. The molecule has 0 bridgehead atoms. The van der Waals surface area contributed by atoms with E-state index in [0.717, 1.165) is 4.47 Å². The Bertz CT molecular complexity index is 588. The van der Waals surface area contributed by atoms with Gasteiger partial charge in [0.1, 0.15) is 0 Å². The van der Waals surface area contributed by atoms with E-state index in [-0.39, 0.29) is 24.9 Å². The lowest BCUT2D eigenvalue weighted by molar-refractivity contribution is 0.0951. The third kappa shape index (κ3) is 6.58. The molecule has 0 radical (unpaired) electrons. The van der Waals surface area contributed by atoms with Crippen LogP contribution in [0.15, 0.2) is 28.7 Å². The maximum absolute atomic E-state index is 12.0. The fourth-order valence-corrected chi connectivity index (χ4v) is 3.22. The molecular weight excluding hydrogens is 356 g/mol. The molecule has 0 aliphatic rings. The molecule has 0 unspecified atom stereocenters. The van der Waals surface area contributed by atoms with Crippen molar-refractivity contribution < 1.29 is 13.2 Å². The van der Waals surface area contributed by atoms with Crippen molar-refractivity contribution in [2.45, 2.75) is 13.8 Å². The summed E-state index contributed by atoms with van der Waals surface area (Å²) in [5.41, 5.74) is 0.541. The van der Waals surface area contributed by atoms with E-state index in [1.165, 1.54) is 10.6 Å². The van der Waals surface area contributed by atoms with Gasteiger partial charge in [0.05, 0.1) is 6.26 Å². The van der Waals surface area contributed by atoms with E-state index in [2.05, 4.69) is 21.2 Å². The fraction of sp³-hybridized carbons (Fsp3) is 0.500. The van der Waals surface area contributed by atoms with Crippen LogP contribution >= 0.6 is 15.9 Å². The Morgan fingerprint density at radius 2 is 2.05 bits per heavy atom. The third-order valence-corrected chi connectivity index (χ3v) is 4.53. The number of carbonyl (C=O) groups is 1. The molecule has 1 aromatic rings. The van der Waals surface area contributed by atoms with E-state index in [0.29, 0.717) is 12.1 Å². The van der Waals surface area contributed by atoms with Gasteiger partial charge in [0.2, 0.25) is 10.0 Å². The number of amides is 1. The van der Waals surface area contributed by atoms with Gasteiger partial charge in [0.25, 0.3) is 5.91 Å². The second-order valence-corrected chi connectivity index (χ2v) is 8.18. The number of halogens is 1. The SMILES string of the molecule is CC(C)CN(CCNC(=O)c1cccc(Br)c1)S(C)(=O)=O. The molecule has 0 atom stereocenters. The van der Waals surface area contributed by atoms with Crippen LogP contribution in [0.25, 0.3) is 0 Å². The number of sulfonamides is 1. The predicted molar refractivity (Wildman–Crippen MR) is 87.7 cm³/mol. The summed E-state index contributed by atoms with van der Waals surface area (Å²) in [6, 6.07) is 7.05. The first-order valence-corrected chi connectivity index (χ1v) is 9.33. The van der Waals surface area contributed by atoms with E-state index in [1.54, 1.807) is 18.2 Å². The minimum atomic E-state index is -3.25. The van der Waals surface area contributed by atoms with Gasteiger partial charge in [-0.2, -0.15) is 0 Å². The minimum Gasteiger partial charge on any atom is -0.351 e. The van der Waals surface area contributed by atoms with Crippen LogP contribution in [0.1, 0.15) is 24.2 Å². The second-order valence-electron chi connectivity index (χ2n) is 5.28. The van der Waals surface area contributed by atoms with Crippen molar-refractivity contribution in [2.24, 2.45) is 5.92 Å². The summed E-state index contributed by atoms with van der Waals surface area (Å²) < 4.78 is 25.5. The lowest BCUT2D eigenvalue weighted by atomic mass is 10.2. The molecule has 118 valence electrons. The first-order valence-electron chi connectivity index (χ1n) is 6.69. The minimum absolute atomic E-state index is 0.214. The van der Waals surface area contributed by atoms with Crippen molar-refractivity contribution in [1.82, 2.24) is 9.62 Å². The van der Waals surface area contributed by atoms with E-state index < -0.39 is 10.0 Å². The Morgan fingerprint density at radius 3 is 2.57 bits per heavy atom. The lowest BCUT2D eigenvalue weighted by Crippen LogP contribution is -2.39. The zero-order chi connectivity index (χ0) is 16.0. The predicted octanol–water partition coefficient (Wildman–Crippen LogP) is 2.10. The topological polar surface area (TPSA) is 66.5 Å². The summed E-state index contributed by atoms with van der Waals surface area (Å²) in [4.78, 5) is 12.0. The Kier molecular flexibility index (Phi) is 6.83. The normalized spacial score (nSPS) is 11.9. The van der Waals surface area contributed by atoms with Crippen LogP contribution in [0.2, 0.25) is 0 Å². The molecule has 0 aliphatic heterocycles. The van der Waals surface area contributed by atoms with Crippen molar-refractivity contribution in [3.8, 4) is 0 Å². The summed E-state index contributed by atoms with van der Waals surface area (Å²) in [6.07, 6.45) is 1.19. The highest BCUT2D eigenvalue weighted by atomic mass is 79.9. The molecule has 0 fully saturated rings. The van der Waals surface area contributed by atoms with Crippen molar-refractivity contribution in [1.29, 1.82) is 0 Å². The first kappa shape index (κ1) is 18.1. The zero-order valence-corrected chi connectivity index (χ0v) is 14.9. The molecule has 0 heterocycles. The van der Waals surface area contributed by atoms with Crippen molar-refractivity contribution in [2.75, 3.05) is 25.9 Å². The second kappa shape index (κ2) is 7.91. The van der Waals surface area contributed by atoms with E-state index >= 15 is 0 Å². The largest absolute Gasteiger partial charge is 0.351 e. The van der Waals surface area contributed by atoms with Crippen LogP contribution in [-0.2, 0) is 10.0 Å². The van der Waals surface area contributed by atoms with Crippen LogP contribution in [0, 0.1) is 5.92 Å². The maximum atomic E-state index is 12.0. The van der Waals surface area contributed by atoms with Crippen LogP contribution < -0.4 is 5.32 Å². The Morgan fingerprint density at radius 1 is 1.38 bits per heavy atom. The third-order valence-electron chi connectivity index (χ3n) is 2.77. The van der Waals surface area contributed by atoms with Gasteiger partial charge in [-0.25, -0.2) is 12.7 Å². The van der Waals surface area contributed by atoms with Gasteiger partial charge in [0.15, 0.2) is 0 Å². The number of hydrogen-bond acceptors (Lipinski definition) is 3. The molecule has 0 saturated carbocycles. The Hall–Kier alpha value is -0.920. The molecule has 0 aromatic heterocycles. The summed E-state index contributed by atoms with van der Waals surface area (Å²) >= 11 is 3.31. The molecular formula is C14H21BrN2O3S. The smallest absolute Gasteiger partial charge is 0.251 e. The quantitative estimate of drug-likeness (QED) is 0.792. The average molecular weight is 377 g/mol. The molecule has 5 nitrogen and oxygen atoms in total. The standard InChI is InChI=1S/C14H21BrN2O3S/c1-11(2)10-17(21(3,19)20)8-7-16-14(18)12-5-4-6-13(15)9-12/h4-6,9,11H,7-8,10H2,1-3H3,(H,16,18). The number of hydrogen-bond donors (Lipinski definition) is 1. The Labute approximate surface area is 134 Å². The maximum Gasteiger partial charge on any atom is 0.251 e. The number of nitrogens with one attached hydrogen (secondary N) is 1. The summed E-state index contributed by atoms with van der Waals surface area (Å²) in [5, 5.41) is 2.74. The molecule has 21 heavy (non-hydrogen) atoms. The van der Waals surface area contributed by atoms with Crippen LogP contribution in [-0.4, -0.2) is 44.5 Å². The van der Waals surface area contributed by atoms with Gasteiger partial charge >= 0.3 is 0 Å². The molecule has 0 spiro atoms. The Balaban J connectivity index is 2.56. The summed E-state index contributed by atoms with van der Waals surface area (Å²) in [5.74, 6) is 0.0230. The molecule has 0 aliphatic carbocycles. The van der Waals surface area contributed by atoms with Crippen LogP contribution in [0.3, 0.4) is 0 Å². The van der Waals surface area contributed by atoms with E-state index in [9.17, 15) is 13.2 Å². The number of benzene rings is 1. The molecule has 0 saturated heterocycles. The van der Waals surface area contributed by atoms with E-state index in [4.69, 9.17) is 0 Å². The van der Waals surface area contributed by atoms with E-state index in [1.807, 2.05) is 19.9 Å². The van der Waals surface area contributed by atoms with Gasteiger partial charge in [-0.3, -0.25) is 4.79 Å². The molecule has 1 amide bonds. The van der Waals surface area contributed by atoms with Crippen molar-refractivity contribution in [3.63, 3.8) is 0 Å². The highest BCUT2D eigenvalue weighted by molar-refractivity contribution is 9.10. The fourth-order valence-electron chi connectivity index (χ4n) is 1.83. The van der Waals surface area contributed by atoms with Crippen molar-refractivity contribution in [3.05, 3.63) is 34.3 Å². The average Bonchev–Trinajstić information content (AvgIpc) is 2.35. The van der Waals surface area contributed by atoms with Gasteiger partial charge in [-0.1, -0.05) is 35.8 Å². The van der Waals surface area contributed by atoms with Crippen LogP contribution in [0.4, 0.5) is 0 Å². The van der Waals surface area contributed by atoms with Gasteiger partial charge in [-0.15, -0.1) is 0 Å². The number of nitrogens with zero attached hydrogens (tertiary/aromatic N) is 1. The lowest BCUT2D eigenvalue weighted by Gasteiger charge is -2.22. The highest BCUT2D eigenvalue weighted by Crippen LogP contribution is 2.11. The van der Waals surface area contributed by atoms with Crippen molar-refractivity contribution >= 4 is 31.9 Å². The number of rotatable bonds is 7. The summed E-state index contributed by atoms with van der Waals surface area (Å²) in [6.45, 7) is 4.92. The van der Waals surface area contributed by atoms with Gasteiger partial charge in [-0.05, 0) is 24.1 Å². The molecule has 1 N–H and O–H groups in total. The summed E-state index contributed by atoms with van der Waals surface area (Å²) in [7, 11) is -3.25. The molecule has 7 heteroatoms. The zero-order valence-electron chi connectivity index (χ0n) is 12.5. The van der Waals surface area contributed by atoms with Crippen LogP contribution in [0.5, 0.6) is 0 Å². The number of carbonyl (C=O) groups excluding carboxylic acids is 1. The van der Waals surface area contributed by atoms with Gasteiger partial charge < -0.3 is 5.32 Å².